The van der Waals surface area contributed by atoms with Gasteiger partial charge in [0.2, 0.25) is 0 Å². The quantitative estimate of drug-likeness (QED) is 0.693. The van der Waals surface area contributed by atoms with Crippen molar-refractivity contribution < 1.29 is 18.5 Å². The van der Waals surface area contributed by atoms with E-state index in [2.05, 4.69) is 5.32 Å². The van der Waals surface area contributed by atoms with Crippen molar-refractivity contribution in [2.24, 2.45) is 7.05 Å². The van der Waals surface area contributed by atoms with Crippen LogP contribution in [-0.2, 0) is 13.6 Å². The van der Waals surface area contributed by atoms with Crippen molar-refractivity contribution in [2.45, 2.75) is 6.54 Å². The number of amides is 1. The third kappa shape index (κ3) is 3.22. The Balaban J connectivity index is 2.22. The number of hydrogen-bond acceptors (Lipinski definition) is 3. The fourth-order valence-electron chi connectivity index (χ4n) is 1.81. The van der Waals surface area contributed by atoms with Gasteiger partial charge in [-0.1, -0.05) is 0 Å². The summed E-state index contributed by atoms with van der Waals surface area (Å²) >= 11 is 0. The molecule has 0 saturated heterocycles. The van der Waals surface area contributed by atoms with Crippen LogP contribution in [0, 0.1) is 21.7 Å². The van der Waals surface area contributed by atoms with Gasteiger partial charge < -0.3 is 9.88 Å². The first kappa shape index (κ1) is 14.6. The summed E-state index contributed by atoms with van der Waals surface area (Å²) in [5.41, 5.74) is -0.523. The molecule has 1 N–H and O–H groups in total. The standard InChI is InChI=1S/C13H11F2N3O3/c1-17-3-2-8(7-17)6-16-13(19)9-4-10(14)11(15)5-12(9)18(20)21/h2-5,7H,6H2,1H3,(H,16,19). The van der Waals surface area contributed by atoms with Gasteiger partial charge in [-0.25, -0.2) is 8.78 Å². The average molecular weight is 295 g/mol. The highest BCUT2D eigenvalue weighted by molar-refractivity contribution is 5.98. The third-order valence-electron chi connectivity index (χ3n) is 2.83. The van der Waals surface area contributed by atoms with Gasteiger partial charge in [-0.2, -0.15) is 0 Å². The van der Waals surface area contributed by atoms with Gasteiger partial charge in [0, 0.05) is 26.0 Å². The fourth-order valence-corrected chi connectivity index (χ4v) is 1.81. The summed E-state index contributed by atoms with van der Waals surface area (Å²) in [6, 6.07) is 2.67. The van der Waals surface area contributed by atoms with E-state index in [1.807, 2.05) is 0 Å². The molecule has 0 aliphatic heterocycles. The molecule has 0 saturated carbocycles. The normalized spacial score (nSPS) is 10.4. The van der Waals surface area contributed by atoms with E-state index in [1.165, 1.54) is 0 Å². The maximum atomic E-state index is 13.2. The largest absolute Gasteiger partial charge is 0.357 e. The molecule has 2 rings (SSSR count). The van der Waals surface area contributed by atoms with Gasteiger partial charge in [-0.05, 0) is 17.7 Å². The van der Waals surface area contributed by atoms with Gasteiger partial charge in [0.1, 0.15) is 5.56 Å². The van der Waals surface area contributed by atoms with Crippen LogP contribution in [0.4, 0.5) is 14.5 Å². The summed E-state index contributed by atoms with van der Waals surface area (Å²) in [6.07, 6.45) is 3.52. The zero-order chi connectivity index (χ0) is 15.6. The number of nitrogens with one attached hydrogen (secondary N) is 1. The first-order chi connectivity index (χ1) is 9.88. The summed E-state index contributed by atoms with van der Waals surface area (Å²) in [4.78, 5) is 21.8. The van der Waals surface area contributed by atoms with E-state index < -0.39 is 33.7 Å². The Hall–Kier alpha value is -2.77. The van der Waals surface area contributed by atoms with Crippen molar-refractivity contribution in [1.29, 1.82) is 0 Å². The van der Waals surface area contributed by atoms with Crippen LogP contribution < -0.4 is 5.32 Å². The second-order valence-corrected chi connectivity index (χ2v) is 4.41. The van der Waals surface area contributed by atoms with Crippen LogP contribution in [0.3, 0.4) is 0 Å². The molecule has 0 unspecified atom stereocenters. The van der Waals surface area contributed by atoms with E-state index in [0.717, 1.165) is 5.56 Å². The number of halogens is 2. The molecular formula is C13H11F2N3O3. The highest BCUT2D eigenvalue weighted by Crippen LogP contribution is 2.22. The highest BCUT2D eigenvalue weighted by atomic mass is 19.2. The molecule has 8 heteroatoms. The Bertz CT molecular complexity index is 713. The number of benzene rings is 1. The Morgan fingerprint density at radius 2 is 2.05 bits per heavy atom. The molecule has 0 aliphatic rings. The van der Waals surface area contributed by atoms with Gasteiger partial charge in [0.05, 0.1) is 11.0 Å². The molecule has 0 spiro atoms. The number of carbonyl (C=O) groups excluding carboxylic acids is 1. The lowest BCUT2D eigenvalue weighted by atomic mass is 10.1. The van der Waals surface area contributed by atoms with Crippen LogP contribution in [0.1, 0.15) is 15.9 Å². The topological polar surface area (TPSA) is 77.2 Å². The number of nitro benzene ring substituents is 1. The molecule has 2 aromatic rings. The summed E-state index contributed by atoms with van der Waals surface area (Å²) in [5.74, 6) is -3.53. The van der Waals surface area contributed by atoms with Gasteiger partial charge in [0.25, 0.3) is 11.6 Å². The van der Waals surface area contributed by atoms with Crippen molar-refractivity contribution in [1.82, 2.24) is 9.88 Å². The van der Waals surface area contributed by atoms with Gasteiger partial charge in [0.15, 0.2) is 11.6 Å². The van der Waals surface area contributed by atoms with Crippen molar-refractivity contribution in [2.75, 3.05) is 0 Å². The number of aryl methyl sites for hydroxylation is 1. The Morgan fingerprint density at radius 3 is 2.62 bits per heavy atom. The van der Waals surface area contributed by atoms with Crippen LogP contribution in [0.2, 0.25) is 0 Å². The summed E-state index contributed by atoms with van der Waals surface area (Å²) < 4.78 is 28.0. The Kier molecular flexibility index (Phi) is 3.97. The van der Waals surface area contributed by atoms with Gasteiger partial charge in [-0.15, -0.1) is 0 Å². The molecule has 0 atom stereocenters. The van der Waals surface area contributed by atoms with Crippen LogP contribution in [0.15, 0.2) is 30.6 Å². The smallest absolute Gasteiger partial charge is 0.285 e. The first-order valence-corrected chi connectivity index (χ1v) is 5.91. The van der Waals surface area contributed by atoms with E-state index in [9.17, 15) is 23.7 Å². The monoisotopic (exact) mass is 295 g/mol. The van der Waals surface area contributed by atoms with E-state index in [4.69, 9.17) is 0 Å². The van der Waals surface area contributed by atoms with Gasteiger partial charge in [-0.3, -0.25) is 14.9 Å². The Morgan fingerprint density at radius 1 is 1.38 bits per heavy atom. The molecule has 1 amide bonds. The van der Waals surface area contributed by atoms with Crippen molar-refractivity contribution in [3.63, 3.8) is 0 Å². The zero-order valence-corrected chi connectivity index (χ0v) is 11.0. The molecular weight excluding hydrogens is 284 g/mol. The van der Waals surface area contributed by atoms with Gasteiger partial charge >= 0.3 is 0 Å². The molecule has 1 aromatic heterocycles. The van der Waals surface area contributed by atoms with Crippen molar-refractivity contribution in [3.05, 3.63) is 63.5 Å². The SMILES string of the molecule is Cn1ccc(CNC(=O)c2cc(F)c(F)cc2[N+](=O)[O-])c1. The molecule has 0 radical (unpaired) electrons. The predicted molar refractivity (Wildman–Crippen MR) is 69.6 cm³/mol. The molecule has 1 aromatic carbocycles. The molecule has 0 bridgehead atoms. The lowest BCUT2D eigenvalue weighted by molar-refractivity contribution is -0.385. The second-order valence-electron chi connectivity index (χ2n) is 4.41. The number of rotatable bonds is 4. The molecule has 21 heavy (non-hydrogen) atoms. The highest BCUT2D eigenvalue weighted by Gasteiger charge is 2.23. The number of nitro groups is 1. The van der Waals surface area contributed by atoms with Crippen LogP contribution >= 0.6 is 0 Å². The van der Waals surface area contributed by atoms with E-state index >= 15 is 0 Å². The first-order valence-electron chi connectivity index (χ1n) is 5.91. The Labute approximate surface area is 118 Å². The number of nitrogens with zero attached hydrogens (tertiary/aromatic N) is 2. The molecule has 0 fully saturated rings. The number of carbonyl (C=O) groups is 1. The zero-order valence-electron chi connectivity index (χ0n) is 11.0. The number of aromatic nitrogens is 1. The minimum absolute atomic E-state index is 0.121. The maximum Gasteiger partial charge on any atom is 0.285 e. The fraction of sp³-hybridized carbons (Fsp3) is 0.154. The number of hydrogen-bond donors (Lipinski definition) is 1. The minimum atomic E-state index is -1.37. The lowest BCUT2D eigenvalue weighted by Crippen LogP contribution is -2.24. The van der Waals surface area contributed by atoms with Crippen molar-refractivity contribution in [3.8, 4) is 0 Å². The van der Waals surface area contributed by atoms with E-state index in [1.54, 1.807) is 30.1 Å². The van der Waals surface area contributed by atoms with E-state index in [-0.39, 0.29) is 6.54 Å². The molecule has 1 heterocycles. The van der Waals surface area contributed by atoms with Crippen LogP contribution in [0.25, 0.3) is 0 Å². The summed E-state index contributed by atoms with van der Waals surface area (Å²) in [6.45, 7) is 0.121. The van der Waals surface area contributed by atoms with Crippen LogP contribution in [0.5, 0.6) is 0 Å². The third-order valence-corrected chi connectivity index (χ3v) is 2.83. The van der Waals surface area contributed by atoms with E-state index in [0.29, 0.717) is 12.1 Å². The summed E-state index contributed by atoms with van der Waals surface area (Å²) in [7, 11) is 1.80. The van der Waals surface area contributed by atoms with Crippen molar-refractivity contribution >= 4 is 11.6 Å². The maximum absolute atomic E-state index is 13.2. The molecule has 6 nitrogen and oxygen atoms in total. The lowest BCUT2D eigenvalue weighted by Gasteiger charge is -2.05. The predicted octanol–water partition coefficient (Wildman–Crippen LogP) is 2.14. The summed E-state index contributed by atoms with van der Waals surface area (Å²) in [5, 5.41) is 13.2. The van der Waals surface area contributed by atoms with Crippen LogP contribution in [-0.4, -0.2) is 15.4 Å². The average Bonchev–Trinajstić information content (AvgIpc) is 2.84. The minimum Gasteiger partial charge on any atom is -0.357 e. The second kappa shape index (κ2) is 5.70. The molecule has 0 aliphatic carbocycles. The molecule has 110 valence electrons.